The molecule has 2 unspecified atom stereocenters. The lowest BCUT2D eigenvalue weighted by Gasteiger charge is -2.26. The summed E-state index contributed by atoms with van der Waals surface area (Å²) in [6.07, 6.45) is 5.22. The zero-order chi connectivity index (χ0) is 22.4. The van der Waals surface area contributed by atoms with E-state index in [2.05, 4.69) is 53.5 Å². The predicted octanol–water partition coefficient (Wildman–Crippen LogP) is 3.11. The number of nitrogens with zero attached hydrogens (tertiary/aromatic N) is 5. The molecular weight excluding hydrogens is 519 g/mol. The molecule has 1 aromatic carbocycles. The topological polar surface area (TPSA) is 67.2 Å². The third-order valence-corrected chi connectivity index (χ3v) is 5.85. The molecule has 0 spiro atoms. The summed E-state index contributed by atoms with van der Waals surface area (Å²) in [4.78, 5) is 9.58. The molecule has 0 amide bonds. The minimum Gasteiger partial charge on any atom is -0.493 e. The highest BCUT2D eigenvalue weighted by molar-refractivity contribution is 14.0. The van der Waals surface area contributed by atoms with E-state index in [-0.39, 0.29) is 30.0 Å². The van der Waals surface area contributed by atoms with Gasteiger partial charge in [0.05, 0.1) is 33.0 Å². The standard InChI is InChI=1S/C23H36N6O2.HI/c1-7-24-23(29-11-10-18(16-29)19-13-26-28(4)15-19)25-14-20(27(2)3)17-8-9-21(30-5)22(12-17)31-6;/h8-9,12-13,15,18,20H,7,10-11,14,16H2,1-6H3,(H,24,25);1H. The summed E-state index contributed by atoms with van der Waals surface area (Å²) >= 11 is 0. The van der Waals surface area contributed by atoms with Crippen LogP contribution in [0.1, 0.15) is 36.4 Å². The van der Waals surface area contributed by atoms with Crippen LogP contribution in [0.3, 0.4) is 0 Å². The molecule has 2 heterocycles. The number of hydrogen-bond donors (Lipinski definition) is 1. The van der Waals surface area contributed by atoms with Crippen molar-refractivity contribution in [2.45, 2.75) is 25.3 Å². The molecule has 32 heavy (non-hydrogen) atoms. The largest absolute Gasteiger partial charge is 0.493 e. The molecule has 9 heteroatoms. The zero-order valence-corrected chi connectivity index (χ0v) is 22.4. The molecular formula is C23H37IN6O2. The fourth-order valence-corrected chi connectivity index (χ4v) is 4.10. The number of methoxy groups -OCH3 is 2. The van der Waals surface area contributed by atoms with Gasteiger partial charge in [-0.2, -0.15) is 5.10 Å². The second kappa shape index (κ2) is 12.3. The first-order chi connectivity index (χ1) is 15.0. The smallest absolute Gasteiger partial charge is 0.194 e. The SMILES string of the molecule is CCNC(=NCC(c1ccc(OC)c(OC)c1)N(C)C)N1CCC(c2cnn(C)c2)C1.I. The molecule has 0 aliphatic carbocycles. The average Bonchev–Trinajstić information content (AvgIpc) is 3.41. The van der Waals surface area contributed by atoms with E-state index in [1.807, 2.05) is 30.1 Å². The van der Waals surface area contributed by atoms with Crippen molar-refractivity contribution in [3.05, 3.63) is 41.7 Å². The van der Waals surface area contributed by atoms with E-state index in [1.165, 1.54) is 5.56 Å². The van der Waals surface area contributed by atoms with Gasteiger partial charge in [0.15, 0.2) is 17.5 Å². The summed E-state index contributed by atoms with van der Waals surface area (Å²) in [6.45, 7) is 5.56. The minimum absolute atomic E-state index is 0. The van der Waals surface area contributed by atoms with Crippen LogP contribution >= 0.6 is 24.0 Å². The maximum Gasteiger partial charge on any atom is 0.194 e. The van der Waals surface area contributed by atoms with Gasteiger partial charge in [0.1, 0.15) is 0 Å². The highest BCUT2D eigenvalue weighted by Gasteiger charge is 2.27. The second-order valence-electron chi connectivity index (χ2n) is 8.17. The van der Waals surface area contributed by atoms with Gasteiger partial charge in [-0.3, -0.25) is 9.67 Å². The first-order valence-electron chi connectivity index (χ1n) is 10.9. The van der Waals surface area contributed by atoms with E-state index in [4.69, 9.17) is 14.5 Å². The molecule has 1 N–H and O–H groups in total. The lowest BCUT2D eigenvalue weighted by atomic mass is 10.0. The van der Waals surface area contributed by atoms with E-state index in [0.29, 0.717) is 12.5 Å². The molecule has 1 fully saturated rings. The molecule has 8 nitrogen and oxygen atoms in total. The summed E-state index contributed by atoms with van der Waals surface area (Å²) in [6, 6.07) is 6.21. The quantitative estimate of drug-likeness (QED) is 0.306. The van der Waals surface area contributed by atoms with E-state index in [1.54, 1.807) is 14.2 Å². The molecule has 1 aromatic heterocycles. The third kappa shape index (κ3) is 6.28. The van der Waals surface area contributed by atoms with Gasteiger partial charge in [-0.1, -0.05) is 6.07 Å². The van der Waals surface area contributed by atoms with Gasteiger partial charge in [0.25, 0.3) is 0 Å². The van der Waals surface area contributed by atoms with Gasteiger partial charge in [-0.15, -0.1) is 24.0 Å². The number of aliphatic imine (C=N–C) groups is 1. The first-order valence-corrected chi connectivity index (χ1v) is 10.9. The van der Waals surface area contributed by atoms with Crippen LogP contribution in [0.4, 0.5) is 0 Å². The highest BCUT2D eigenvalue weighted by Crippen LogP contribution is 2.32. The Hall–Kier alpha value is -2.01. The molecule has 3 rings (SSSR count). The van der Waals surface area contributed by atoms with Crippen molar-refractivity contribution in [3.8, 4) is 11.5 Å². The lowest BCUT2D eigenvalue weighted by Crippen LogP contribution is -2.40. The van der Waals surface area contributed by atoms with Gasteiger partial charge in [-0.25, -0.2) is 0 Å². The van der Waals surface area contributed by atoms with Crippen LogP contribution in [0.5, 0.6) is 11.5 Å². The molecule has 0 bridgehead atoms. The molecule has 1 saturated heterocycles. The number of ether oxygens (including phenoxy) is 2. The molecule has 1 aliphatic rings. The fourth-order valence-electron chi connectivity index (χ4n) is 4.10. The lowest BCUT2D eigenvalue weighted by molar-refractivity contribution is 0.302. The molecule has 0 saturated carbocycles. The third-order valence-electron chi connectivity index (χ3n) is 5.85. The van der Waals surface area contributed by atoms with Crippen molar-refractivity contribution in [1.82, 2.24) is 24.9 Å². The number of aromatic nitrogens is 2. The average molecular weight is 556 g/mol. The molecule has 178 valence electrons. The number of nitrogens with one attached hydrogen (secondary N) is 1. The van der Waals surface area contributed by atoms with Crippen molar-refractivity contribution in [2.24, 2.45) is 12.0 Å². The van der Waals surface area contributed by atoms with Crippen molar-refractivity contribution >= 4 is 29.9 Å². The molecule has 2 aromatic rings. The fraction of sp³-hybridized carbons (Fsp3) is 0.565. The Morgan fingerprint density at radius 2 is 2.03 bits per heavy atom. The molecule has 0 radical (unpaired) electrons. The van der Waals surface area contributed by atoms with Crippen molar-refractivity contribution in [1.29, 1.82) is 0 Å². The van der Waals surface area contributed by atoms with Crippen LogP contribution < -0.4 is 14.8 Å². The van der Waals surface area contributed by atoms with Crippen LogP contribution in [0, 0.1) is 0 Å². The normalized spacial score (nSPS) is 17.3. The van der Waals surface area contributed by atoms with Gasteiger partial charge in [0, 0.05) is 38.8 Å². The Labute approximate surface area is 209 Å². The van der Waals surface area contributed by atoms with Gasteiger partial charge in [-0.05, 0) is 50.7 Å². The summed E-state index contributed by atoms with van der Waals surface area (Å²) in [7, 11) is 9.45. The summed E-state index contributed by atoms with van der Waals surface area (Å²) in [5.74, 6) is 2.94. The van der Waals surface area contributed by atoms with Crippen LogP contribution in [0.2, 0.25) is 0 Å². The van der Waals surface area contributed by atoms with Gasteiger partial charge >= 0.3 is 0 Å². The summed E-state index contributed by atoms with van der Waals surface area (Å²) < 4.78 is 12.8. The summed E-state index contributed by atoms with van der Waals surface area (Å²) in [5.41, 5.74) is 2.45. The Bertz CT molecular complexity index is 885. The number of aryl methyl sites for hydroxylation is 1. The highest BCUT2D eigenvalue weighted by atomic mass is 127. The second-order valence-corrected chi connectivity index (χ2v) is 8.17. The number of rotatable bonds is 8. The number of hydrogen-bond acceptors (Lipinski definition) is 5. The predicted molar refractivity (Wildman–Crippen MR) is 140 cm³/mol. The number of likely N-dealkylation sites (N-methyl/N-ethyl adjacent to an activating group) is 1. The number of halogens is 1. The maximum absolute atomic E-state index is 5.50. The summed E-state index contributed by atoms with van der Waals surface area (Å²) in [5, 5.41) is 7.81. The van der Waals surface area contributed by atoms with E-state index in [9.17, 15) is 0 Å². The van der Waals surface area contributed by atoms with E-state index in [0.717, 1.165) is 49.1 Å². The Morgan fingerprint density at radius 1 is 1.28 bits per heavy atom. The maximum atomic E-state index is 5.50. The van der Waals surface area contributed by atoms with Crippen LogP contribution in [0.15, 0.2) is 35.6 Å². The van der Waals surface area contributed by atoms with E-state index < -0.39 is 0 Å². The van der Waals surface area contributed by atoms with Crippen molar-refractivity contribution in [3.63, 3.8) is 0 Å². The zero-order valence-electron chi connectivity index (χ0n) is 20.0. The first kappa shape index (κ1) is 26.2. The van der Waals surface area contributed by atoms with Crippen LogP contribution in [0.25, 0.3) is 0 Å². The Balaban J connectivity index is 0.00000363. The van der Waals surface area contributed by atoms with Gasteiger partial charge < -0.3 is 24.6 Å². The number of likely N-dealkylation sites (tertiary alicyclic amines) is 1. The molecule has 2 atom stereocenters. The number of guanidine groups is 1. The van der Waals surface area contributed by atoms with Crippen LogP contribution in [-0.2, 0) is 7.05 Å². The monoisotopic (exact) mass is 556 g/mol. The number of benzene rings is 1. The van der Waals surface area contributed by atoms with Crippen LogP contribution in [-0.4, -0.2) is 80.0 Å². The minimum atomic E-state index is 0. The van der Waals surface area contributed by atoms with Crippen molar-refractivity contribution < 1.29 is 9.47 Å². The molecule has 1 aliphatic heterocycles. The Kier molecular flexibility index (Phi) is 10.1. The van der Waals surface area contributed by atoms with E-state index >= 15 is 0 Å². The van der Waals surface area contributed by atoms with Crippen molar-refractivity contribution in [2.75, 3.05) is 54.5 Å². The van der Waals surface area contributed by atoms with Gasteiger partial charge in [0.2, 0.25) is 0 Å². The Morgan fingerprint density at radius 3 is 2.62 bits per heavy atom.